The summed E-state index contributed by atoms with van der Waals surface area (Å²) < 4.78 is 28.4. The summed E-state index contributed by atoms with van der Waals surface area (Å²) in [4.78, 5) is 12.1. The minimum atomic E-state index is -2.98. The van der Waals surface area contributed by atoms with Gasteiger partial charge in [0, 0.05) is 12.2 Å². The van der Waals surface area contributed by atoms with E-state index in [1.807, 2.05) is 24.3 Å². The molecule has 0 saturated carbocycles. The Bertz CT molecular complexity index is 577. The van der Waals surface area contributed by atoms with E-state index >= 15 is 0 Å². The number of hydrogen-bond donors (Lipinski definition) is 0. The monoisotopic (exact) mass is 296 g/mol. The Morgan fingerprint density at radius 3 is 2.85 bits per heavy atom. The largest absolute Gasteiger partial charge is 0.493 e. The van der Waals surface area contributed by atoms with Gasteiger partial charge in [-0.3, -0.25) is 4.79 Å². The molecule has 1 heterocycles. The Kier molecular flexibility index (Phi) is 4.81. The summed E-state index contributed by atoms with van der Waals surface area (Å²) in [6.45, 7) is 2.03. The van der Waals surface area contributed by atoms with Crippen LogP contribution in [0.25, 0.3) is 0 Å². The normalized spacial score (nSPS) is 18.1. The second-order valence-electron chi connectivity index (χ2n) is 5.13. The molecule has 1 aliphatic heterocycles. The zero-order valence-corrected chi connectivity index (χ0v) is 12.5. The molecule has 0 fully saturated rings. The van der Waals surface area contributed by atoms with E-state index in [4.69, 9.17) is 4.74 Å². The lowest BCUT2D eigenvalue weighted by Gasteiger charge is -2.24. The van der Waals surface area contributed by atoms with E-state index < -0.39 is 9.84 Å². The van der Waals surface area contributed by atoms with Crippen molar-refractivity contribution in [2.75, 3.05) is 18.1 Å². The standard InChI is InChI=1S/C15H20O4S/c1-2-20(17,18)9-5-7-14(16)13-10-12-6-3-4-8-15(12)19-11-13/h3-4,6,8,13H,2,5,7,9-11H2,1H3. The fraction of sp³-hybridized carbons (Fsp3) is 0.533. The highest BCUT2D eigenvalue weighted by molar-refractivity contribution is 7.91. The van der Waals surface area contributed by atoms with Crippen molar-refractivity contribution in [3.63, 3.8) is 0 Å². The number of Topliss-reactive ketones (excluding diaryl/α,β-unsaturated/α-hetero) is 1. The van der Waals surface area contributed by atoms with Crippen molar-refractivity contribution < 1.29 is 17.9 Å². The van der Waals surface area contributed by atoms with Gasteiger partial charge in [-0.05, 0) is 24.5 Å². The molecule has 1 unspecified atom stereocenters. The number of ketones is 1. The van der Waals surface area contributed by atoms with Crippen molar-refractivity contribution in [1.82, 2.24) is 0 Å². The highest BCUT2D eigenvalue weighted by atomic mass is 32.2. The van der Waals surface area contributed by atoms with E-state index in [0.29, 0.717) is 25.9 Å². The summed E-state index contributed by atoms with van der Waals surface area (Å²) >= 11 is 0. The molecule has 110 valence electrons. The van der Waals surface area contributed by atoms with Crippen LogP contribution in [0.2, 0.25) is 0 Å². The molecule has 0 bridgehead atoms. The van der Waals surface area contributed by atoms with Gasteiger partial charge in [-0.2, -0.15) is 0 Å². The van der Waals surface area contributed by atoms with Crippen LogP contribution in [0.15, 0.2) is 24.3 Å². The summed E-state index contributed by atoms with van der Waals surface area (Å²) in [6, 6.07) is 7.72. The molecule has 5 heteroatoms. The first-order valence-corrected chi connectivity index (χ1v) is 8.78. The molecule has 0 saturated heterocycles. The van der Waals surface area contributed by atoms with Gasteiger partial charge >= 0.3 is 0 Å². The van der Waals surface area contributed by atoms with Gasteiger partial charge in [-0.15, -0.1) is 0 Å². The maximum absolute atomic E-state index is 12.1. The molecular weight excluding hydrogens is 276 g/mol. The molecule has 1 aromatic carbocycles. The number of ether oxygens (including phenoxy) is 1. The van der Waals surface area contributed by atoms with Gasteiger partial charge < -0.3 is 4.74 Å². The third-order valence-corrected chi connectivity index (χ3v) is 5.44. The summed E-state index contributed by atoms with van der Waals surface area (Å²) in [7, 11) is -2.98. The number of para-hydroxylation sites is 1. The Morgan fingerprint density at radius 2 is 2.10 bits per heavy atom. The molecule has 1 aromatic rings. The Balaban J connectivity index is 1.86. The van der Waals surface area contributed by atoms with Crippen LogP contribution >= 0.6 is 0 Å². The Hall–Kier alpha value is -1.36. The van der Waals surface area contributed by atoms with E-state index in [9.17, 15) is 13.2 Å². The van der Waals surface area contributed by atoms with Gasteiger partial charge in [0.05, 0.1) is 18.3 Å². The number of sulfone groups is 1. The highest BCUT2D eigenvalue weighted by Crippen LogP contribution is 2.27. The number of benzene rings is 1. The van der Waals surface area contributed by atoms with E-state index in [1.165, 1.54) is 0 Å². The second kappa shape index (κ2) is 6.39. The number of carbonyl (C=O) groups excluding carboxylic acids is 1. The van der Waals surface area contributed by atoms with Crippen LogP contribution in [-0.4, -0.2) is 32.3 Å². The summed E-state index contributed by atoms with van der Waals surface area (Å²) in [5, 5.41) is 0. The molecule has 0 amide bonds. The van der Waals surface area contributed by atoms with Crippen LogP contribution in [0, 0.1) is 5.92 Å². The van der Waals surface area contributed by atoms with Crippen LogP contribution in [0.3, 0.4) is 0 Å². The Morgan fingerprint density at radius 1 is 1.35 bits per heavy atom. The molecule has 0 radical (unpaired) electrons. The molecule has 4 nitrogen and oxygen atoms in total. The van der Waals surface area contributed by atoms with E-state index in [-0.39, 0.29) is 23.2 Å². The summed E-state index contributed by atoms with van der Waals surface area (Å²) in [6.07, 6.45) is 1.41. The predicted molar refractivity (Wildman–Crippen MR) is 77.7 cm³/mol. The van der Waals surface area contributed by atoms with Gasteiger partial charge in [-0.25, -0.2) is 8.42 Å². The second-order valence-corrected chi connectivity index (χ2v) is 7.60. The molecule has 2 rings (SSSR count). The lowest BCUT2D eigenvalue weighted by atomic mass is 9.91. The summed E-state index contributed by atoms with van der Waals surface area (Å²) in [5.74, 6) is 1.05. The lowest BCUT2D eigenvalue weighted by molar-refractivity contribution is -0.124. The van der Waals surface area contributed by atoms with E-state index in [2.05, 4.69) is 0 Å². The van der Waals surface area contributed by atoms with Crippen LogP contribution in [0.5, 0.6) is 5.75 Å². The first-order valence-electron chi connectivity index (χ1n) is 6.95. The van der Waals surface area contributed by atoms with Gasteiger partial charge in [0.1, 0.15) is 21.4 Å². The topological polar surface area (TPSA) is 60.4 Å². The Labute approximate surface area is 120 Å². The van der Waals surface area contributed by atoms with Crippen LogP contribution < -0.4 is 4.74 Å². The van der Waals surface area contributed by atoms with Crippen molar-refractivity contribution in [3.05, 3.63) is 29.8 Å². The third-order valence-electron chi connectivity index (χ3n) is 3.65. The fourth-order valence-corrected chi connectivity index (χ4v) is 3.22. The molecule has 0 aliphatic carbocycles. The molecule has 0 spiro atoms. The minimum absolute atomic E-state index is 0.0966. The number of hydrogen-bond acceptors (Lipinski definition) is 4. The zero-order valence-electron chi connectivity index (χ0n) is 11.7. The third kappa shape index (κ3) is 3.82. The molecular formula is C15H20O4S. The van der Waals surface area contributed by atoms with Crippen molar-refractivity contribution in [3.8, 4) is 5.75 Å². The van der Waals surface area contributed by atoms with Gasteiger partial charge in [0.25, 0.3) is 0 Å². The molecule has 0 N–H and O–H groups in total. The van der Waals surface area contributed by atoms with E-state index in [1.54, 1.807) is 6.92 Å². The van der Waals surface area contributed by atoms with Crippen molar-refractivity contribution in [1.29, 1.82) is 0 Å². The zero-order chi connectivity index (χ0) is 14.6. The van der Waals surface area contributed by atoms with Crippen molar-refractivity contribution >= 4 is 15.6 Å². The molecule has 1 atom stereocenters. The number of fused-ring (bicyclic) bond motifs is 1. The number of rotatable bonds is 6. The molecule has 0 aromatic heterocycles. The minimum Gasteiger partial charge on any atom is -0.493 e. The highest BCUT2D eigenvalue weighted by Gasteiger charge is 2.25. The maximum atomic E-state index is 12.1. The maximum Gasteiger partial charge on any atom is 0.150 e. The predicted octanol–water partition coefficient (Wildman–Crippen LogP) is 2.02. The first kappa shape index (κ1) is 15.0. The fourth-order valence-electron chi connectivity index (χ4n) is 2.35. The smallest absolute Gasteiger partial charge is 0.150 e. The summed E-state index contributed by atoms with van der Waals surface area (Å²) in [5.41, 5.74) is 1.05. The van der Waals surface area contributed by atoms with Crippen molar-refractivity contribution in [2.45, 2.75) is 26.2 Å². The van der Waals surface area contributed by atoms with Gasteiger partial charge in [0.2, 0.25) is 0 Å². The van der Waals surface area contributed by atoms with Crippen LogP contribution in [0.4, 0.5) is 0 Å². The van der Waals surface area contributed by atoms with Crippen molar-refractivity contribution in [2.24, 2.45) is 5.92 Å². The molecule has 20 heavy (non-hydrogen) atoms. The van der Waals surface area contributed by atoms with E-state index in [0.717, 1.165) is 11.3 Å². The quantitative estimate of drug-likeness (QED) is 0.806. The van der Waals surface area contributed by atoms with Crippen LogP contribution in [-0.2, 0) is 21.1 Å². The average molecular weight is 296 g/mol. The first-order chi connectivity index (χ1) is 9.52. The number of carbonyl (C=O) groups is 1. The van der Waals surface area contributed by atoms with Gasteiger partial charge in [0.15, 0.2) is 0 Å². The van der Waals surface area contributed by atoms with Crippen LogP contribution in [0.1, 0.15) is 25.3 Å². The lowest BCUT2D eigenvalue weighted by Crippen LogP contribution is -2.28. The average Bonchev–Trinajstić information content (AvgIpc) is 2.46. The SMILES string of the molecule is CCS(=O)(=O)CCCC(=O)C1COc2ccccc2C1. The van der Waals surface area contributed by atoms with Gasteiger partial charge in [-0.1, -0.05) is 25.1 Å². The molecule has 1 aliphatic rings.